The van der Waals surface area contributed by atoms with Gasteiger partial charge in [-0.25, -0.2) is 5.43 Å². The van der Waals surface area contributed by atoms with E-state index in [0.717, 1.165) is 11.1 Å². The fourth-order valence-corrected chi connectivity index (χ4v) is 2.69. The first-order valence-electron chi connectivity index (χ1n) is 9.83. The summed E-state index contributed by atoms with van der Waals surface area (Å²) >= 11 is 0. The fourth-order valence-electron chi connectivity index (χ4n) is 2.69. The number of azo groups is 1. The van der Waals surface area contributed by atoms with Crippen LogP contribution in [-0.2, 0) is 4.79 Å². The average Bonchev–Trinajstić information content (AvgIpc) is 2.80. The Kier molecular flexibility index (Phi) is 7.43. The topological polar surface area (TPSA) is 139 Å². The SMILES string of the molecule is Cc1ccc(N=Nc2ccc(O)c(C=NNC(=O)COc3ccccc3[N+](=O)[O-])c2)cc1C. The number of carbonyl (C=O) groups is 1. The number of nitrogens with one attached hydrogen (secondary N) is 1. The normalized spacial score (nSPS) is 11.1. The Bertz CT molecular complexity index is 1240. The van der Waals surface area contributed by atoms with Gasteiger partial charge in [-0.2, -0.15) is 15.3 Å². The molecule has 2 N–H and O–H groups in total. The van der Waals surface area contributed by atoms with Crippen molar-refractivity contribution in [3.05, 3.63) is 87.5 Å². The Balaban J connectivity index is 1.60. The van der Waals surface area contributed by atoms with Crippen LogP contribution >= 0.6 is 0 Å². The summed E-state index contributed by atoms with van der Waals surface area (Å²) in [5.41, 5.74) is 5.75. The highest BCUT2D eigenvalue weighted by Gasteiger charge is 2.14. The van der Waals surface area contributed by atoms with Crippen LogP contribution < -0.4 is 10.2 Å². The van der Waals surface area contributed by atoms with Crippen LogP contribution in [0.5, 0.6) is 11.5 Å². The number of phenolic OH excluding ortho intramolecular Hbond substituents is 1. The zero-order valence-corrected chi connectivity index (χ0v) is 17.9. The molecule has 0 aliphatic heterocycles. The predicted molar refractivity (Wildman–Crippen MR) is 123 cm³/mol. The molecule has 10 nitrogen and oxygen atoms in total. The van der Waals surface area contributed by atoms with Gasteiger partial charge < -0.3 is 9.84 Å². The minimum absolute atomic E-state index is 0.0268. The van der Waals surface area contributed by atoms with Crippen LogP contribution in [0.1, 0.15) is 16.7 Å². The van der Waals surface area contributed by atoms with Gasteiger partial charge in [-0.05, 0) is 61.4 Å². The molecule has 0 aliphatic carbocycles. The minimum atomic E-state index is -0.630. The highest BCUT2D eigenvalue weighted by atomic mass is 16.6. The number of aromatic hydroxyl groups is 1. The molecule has 0 heterocycles. The van der Waals surface area contributed by atoms with E-state index in [1.165, 1.54) is 30.5 Å². The largest absolute Gasteiger partial charge is 0.507 e. The minimum Gasteiger partial charge on any atom is -0.507 e. The number of aryl methyl sites for hydroxylation is 2. The van der Waals surface area contributed by atoms with Crippen LogP contribution in [0.4, 0.5) is 17.1 Å². The molecule has 0 atom stereocenters. The number of phenols is 1. The molecule has 0 aliphatic rings. The van der Waals surface area contributed by atoms with E-state index in [2.05, 4.69) is 20.8 Å². The first-order chi connectivity index (χ1) is 15.8. The van der Waals surface area contributed by atoms with Crippen molar-refractivity contribution in [1.29, 1.82) is 0 Å². The summed E-state index contributed by atoms with van der Waals surface area (Å²) in [6, 6.07) is 16.1. The lowest BCUT2D eigenvalue weighted by molar-refractivity contribution is -0.385. The third-order valence-electron chi connectivity index (χ3n) is 4.60. The quantitative estimate of drug-likeness (QED) is 0.220. The number of nitrogens with zero attached hydrogens (tertiary/aromatic N) is 4. The fraction of sp³-hybridized carbons (Fsp3) is 0.130. The number of hydrazone groups is 1. The summed E-state index contributed by atoms with van der Waals surface area (Å²) in [6.07, 6.45) is 1.24. The van der Waals surface area contributed by atoms with E-state index in [9.17, 15) is 20.0 Å². The monoisotopic (exact) mass is 447 g/mol. The number of nitro benzene ring substituents is 1. The molecule has 0 fully saturated rings. The summed E-state index contributed by atoms with van der Waals surface area (Å²) in [7, 11) is 0. The number of hydrogen-bond donors (Lipinski definition) is 2. The Labute approximate surface area is 189 Å². The van der Waals surface area contributed by atoms with Gasteiger partial charge in [0.15, 0.2) is 12.4 Å². The van der Waals surface area contributed by atoms with Crippen molar-refractivity contribution in [3.8, 4) is 11.5 Å². The number of para-hydroxylation sites is 2. The second kappa shape index (κ2) is 10.6. The van der Waals surface area contributed by atoms with Crippen LogP contribution in [0.25, 0.3) is 0 Å². The second-order valence-electron chi connectivity index (χ2n) is 7.02. The number of nitro groups is 1. The standard InChI is InChI=1S/C23H21N5O5/c1-15-7-8-18(11-16(15)2)25-26-19-9-10-21(29)17(12-19)13-24-27-23(30)14-33-22-6-4-3-5-20(22)28(31)32/h3-13,29H,14H2,1-2H3,(H,27,30). The zero-order valence-electron chi connectivity index (χ0n) is 17.9. The number of benzene rings is 3. The van der Waals surface area contributed by atoms with Crippen molar-refractivity contribution in [2.75, 3.05) is 6.61 Å². The van der Waals surface area contributed by atoms with E-state index >= 15 is 0 Å². The molecule has 3 rings (SSSR count). The first-order valence-corrected chi connectivity index (χ1v) is 9.83. The first kappa shape index (κ1) is 23.1. The van der Waals surface area contributed by atoms with E-state index in [1.807, 2.05) is 32.0 Å². The molecule has 168 valence electrons. The van der Waals surface area contributed by atoms with Gasteiger partial charge in [0.2, 0.25) is 0 Å². The predicted octanol–water partition coefficient (Wildman–Crippen LogP) is 4.86. The van der Waals surface area contributed by atoms with Crippen molar-refractivity contribution in [1.82, 2.24) is 5.43 Å². The Morgan fingerprint density at radius 1 is 1.06 bits per heavy atom. The molecule has 0 aromatic heterocycles. The van der Waals surface area contributed by atoms with Gasteiger partial charge in [0, 0.05) is 11.6 Å². The molecule has 0 unspecified atom stereocenters. The summed E-state index contributed by atoms with van der Waals surface area (Å²) in [4.78, 5) is 22.3. The maximum absolute atomic E-state index is 11.9. The lowest BCUT2D eigenvalue weighted by Crippen LogP contribution is -2.24. The van der Waals surface area contributed by atoms with E-state index < -0.39 is 17.4 Å². The molecular weight excluding hydrogens is 426 g/mol. The smallest absolute Gasteiger partial charge is 0.310 e. The molecule has 0 saturated heterocycles. The lowest BCUT2D eigenvalue weighted by Gasteiger charge is -2.05. The van der Waals surface area contributed by atoms with Gasteiger partial charge in [0.1, 0.15) is 5.75 Å². The van der Waals surface area contributed by atoms with Crippen molar-refractivity contribution in [3.63, 3.8) is 0 Å². The summed E-state index contributed by atoms with van der Waals surface area (Å²) in [6.45, 7) is 3.53. The number of rotatable bonds is 8. The van der Waals surface area contributed by atoms with Crippen molar-refractivity contribution < 1.29 is 19.6 Å². The van der Waals surface area contributed by atoms with Gasteiger partial charge in [0.05, 0.1) is 22.5 Å². The van der Waals surface area contributed by atoms with Crippen LogP contribution in [0.2, 0.25) is 0 Å². The molecule has 0 spiro atoms. The molecule has 33 heavy (non-hydrogen) atoms. The summed E-state index contributed by atoms with van der Waals surface area (Å²) in [5.74, 6) is -0.718. The van der Waals surface area contributed by atoms with Crippen LogP contribution in [0, 0.1) is 24.0 Å². The number of ether oxygens (including phenoxy) is 1. The molecular formula is C23H21N5O5. The average molecular weight is 447 g/mol. The maximum atomic E-state index is 11.9. The van der Waals surface area contributed by atoms with Gasteiger partial charge in [-0.3, -0.25) is 14.9 Å². The summed E-state index contributed by atoms with van der Waals surface area (Å²) in [5, 5.41) is 33.1. The summed E-state index contributed by atoms with van der Waals surface area (Å²) < 4.78 is 5.19. The van der Waals surface area contributed by atoms with Gasteiger partial charge in [0.25, 0.3) is 5.91 Å². The Morgan fingerprint density at radius 3 is 2.48 bits per heavy atom. The van der Waals surface area contributed by atoms with Gasteiger partial charge in [-0.15, -0.1) is 0 Å². The van der Waals surface area contributed by atoms with Gasteiger partial charge in [-0.1, -0.05) is 18.2 Å². The second-order valence-corrected chi connectivity index (χ2v) is 7.02. The number of amides is 1. The molecule has 0 radical (unpaired) electrons. The zero-order chi connectivity index (χ0) is 23.8. The van der Waals surface area contributed by atoms with Crippen LogP contribution in [0.3, 0.4) is 0 Å². The molecule has 3 aromatic rings. The van der Waals surface area contributed by atoms with Crippen molar-refractivity contribution in [2.24, 2.45) is 15.3 Å². The Hall–Kier alpha value is -4.60. The molecule has 0 saturated carbocycles. The lowest BCUT2D eigenvalue weighted by atomic mass is 10.1. The van der Waals surface area contributed by atoms with E-state index in [1.54, 1.807) is 18.2 Å². The molecule has 0 bridgehead atoms. The van der Waals surface area contributed by atoms with Crippen LogP contribution in [0.15, 0.2) is 76.0 Å². The molecule has 10 heteroatoms. The molecule has 1 amide bonds. The highest BCUT2D eigenvalue weighted by Crippen LogP contribution is 2.26. The number of hydrogen-bond acceptors (Lipinski definition) is 8. The van der Waals surface area contributed by atoms with E-state index in [0.29, 0.717) is 16.9 Å². The van der Waals surface area contributed by atoms with E-state index in [4.69, 9.17) is 4.74 Å². The third-order valence-corrected chi connectivity index (χ3v) is 4.60. The van der Waals surface area contributed by atoms with Crippen LogP contribution in [-0.4, -0.2) is 28.8 Å². The molecule has 3 aromatic carbocycles. The van der Waals surface area contributed by atoms with Crippen molar-refractivity contribution >= 4 is 29.2 Å². The van der Waals surface area contributed by atoms with Crippen molar-refractivity contribution in [2.45, 2.75) is 13.8 Å². The highest BCUT2D eigenvalue weighted by molar-refractivity contribution is 5.86. The van der Waals surface area contributed by atoms with Gasteiger partial charge >= 0.3 is 5.69 Å². The third kappa shape index (κ3) is 6.44. The number of carbonyl (C=O) groups excluding carboxylic acids is 1. The van der Waals surface area contributed by atoms with E-state index in [-0.39, 0.29) is 17.2 Å². The maximum Gasteiger partial charge on any atom is 0.310 e. The Morgan fingerprint density at radius 2 is 1.76 bits per heavy atom.